The quantitative estimate of drug-likeness (QED) is 0.0193. The van der Waals surface area contributed by atoms with Crippen molar-refractivity contribution in [2.24, 2.45) is 0 Å². The summed E-state index contributed by atoms with van der Waals surface area (Å²) < 4.78 is 48.0. The van der Waals surface area contributed by atoms with E-state index >= 15 is 0 Å². The van der Waals surface area contributed by atoms with E-state index in [0.717, 1.165) is 38.5 Å². The number of rotatable bonds is 58. The minimum absolute atomic E-state index is 0.254. The second-order valence-electron chi connectivity index (χ2n) is 23.1. The summed E-state index contributed by atoms with van der Waals surface area (Å²) in [6.45, 7) is 3.46. The summed E-state index contributed by atoms with van der Waals surface area (Å²) in [4.78, 5) is 13.2. The minimum Gasteiger partial charge on any atom is -0.394 e. The van der Waals surface area contributed by atoms with Gasteiger partial charge in [0, 0.05) is 6.42 Å². The normalized spacial score (nSPS) is 19.0. The Morgan fingerprint density at radius 3 is 1.14 bits per heavy atom. The van der Waals surface area contributed by atoms with Crippen LogP contribution in [0, 0.1) is 0 Å². The molecule has 1 heterocycles. The first-order chi connectivity index (χ1) is 37.0. The molecule has 0 aromatic carbocycles. The second kappa shape index (κ2) is 53.2. The fourth-order valence-corrected chi connectivity index (χ4v) is 11.3. The Hall–Kier alpha value is -1.16. The van der Waals surface area contributed by atoms with Crippen LogP contribution in [0.15, 0.2) is 12.2 Å². The van der Waals surface area contributed by atoms with Crippen molar-refractivity contribution in [2.75, 3.05) is 13.2 Å². The number of hydrogen-bond acceptors (Lipinski definition) is 10. The highest BCUT2D eigenvalue weighted by molar-refractivity contribution is 7.80. The average Bonchev–Trinajstić information content (AvgIpc) is 3.40. The van der Waals surface area contributed by atoms with Crippen LogP contribution in [0.25, 0.3) is 0 Å². The Morgan fingerprint density at radius 1 is 0.513 bits per heavy atom. The van der Waals surface area contributed by atoms with Gasteiger partial charge in [-0.2, -0.15) is 8.42 Å². The summed E-state index contributed by atoms with van der Waals surface area (Å²) in [6.07, 6.45) is 57.0. The van der Waals surface area contributed by atoms with E-state index in [9.17, 15) is 38.2 Å². The molecule has 0 spiro atoms. The molecule has 7 atom stereocenters. The van der Waals surface area contributed by atoms with Gasteiger partial charge in [-0.25, -0.2) is 4.18 Å². The molecule has 0 radical (unpaired) electrons. The lowest BCUT2D eigenvalue weighted by Gasteiger charge is -2.41. The van der Waals surface area contributed by atoms with Gasteiger partial charge < -0.3 is 35.2 Å². The lowest BCUT2D eigenvalue weighted by atomic mass is 9.99. The van der Waals surface area contributed by atoms with Gasteiger partial charge in [-0.05, 0) is 19.3 Å². The maximum Gasteiger partial charge on any atom is 0.397 e. The van der Waals surface area contributed by atoms with Crippen LogP contribution in [0.1, 0.15) is 328 Å². The van der Waals surface area contributed by atoms with Gasteiger partial charge in [0.15, 0.2) is 6.29 Å². The zero-order chi connectivity index (χ0) is 55.4. The minimum atomic E-state index is -5.09. The molecule has 1 amide bonds. The van der Waals surface area contributed by atoms with Gasteiger partial charge in [0.05, 0.1) is 25.4 Å². The topological polar surface area (TPSA) is 192 Å². The summed E-state index contributed by atoms with van der Waals surface area (Å²) in [5.74, 6) is -0.254. The smallest absolute Gasteiger partial charge is 0.394 e. The average molecular weight is 1100 g/mol. The van der Waals surface area contributed by atoms with Crippen molar-refractivity contribution in [1.29, 1.82) is 0 Å². The molecule has 13 heteroatoms. The first-order valence-corrected chi connectivity index (χ1v) is 33.9. The molecular weight excluding hydrogens is 979 g/mol. The zero-order valence-corrected chi connectivity index (χ0v) is 50.2. The number of amides is 1. The van der Waals surface area contributed by atoms with E-state index in [1.165, 1.54) is 263 Å². The maximum absolute atomic E-state index is 13.2. The molecule has 0 saturated carbocycles. The third-order valence-electron chi connectivity index (χ3n) is 15.8. The highest BCUT2D eigenvalue weighted by Crippen LogP contribution is 2.26. The van der Waals surface area contributed by atoms with Gasteiger partial charge >= 0.3 is 10.4 Å². The second-order valence-corrected chi connectivity index (χ2v) is 24.1. The van der Waals surface area contributed by atoms with E-state index in [-0.39, 0.29) is 18.9 Å². The molecule has 12 nitrogen and oxygen atoms in total. The van der Waals surface area contributed by atoms with Crippen molar-refractivity contribution in [3.05, 3.63) is 12.2 Å². The number of carbonyl (C=O) groups excluding carboxylic acids is 1. The molecule has 6 N–H and O–H groups in total. The number of carbonyl (C=O) groups is 1. The highest BCUT2D eigenvalue weighted by atomic mass is 32.3. The van der Waals surface area contributed by atoms with Crippen LogP contribution in [0.4, 0.5) is 0 Å². The molecule has 452 valence electrons. The Bertz CT molecular complexity index is 1390. The van der Waals surface area contributed by atoms with Gasteiger partial charge in [0.2, 0.25) is 5.91 Å². The van der Waals surface area contributed by atoms with Crippen LogP contribution in [-0.4, -0.2) is 95.4 Å². The van der Waals surface area contributed by atoms with E-state index < -0.39 is 59.9 Å². The number of aliphatic hydroxyl groups is 4. The molecule has 1 fully saturated rings. The number of nitrogens with one attached hydrogen (secondary N) is 1. The predicted molar refractivity (Wildman–Crippen MR) is 315 cm³/mol. The first-order valence-electron chi connectivity index (χ1n) is 32.6. The van der Waals surface area contributed by atoms with E-state index in [4.69, 9.17) is 9.47 Å². The number of ether oxygens (including phenoxy) is 2. The van der Waals surface area contributed by atoms with Crippen LogP contribution in [0.2, 0.25) is 0 Å². The van der Waals surface area contributed by atoms with Crippen LogP contribution in [-0.2, 0) is 28.9 Å². The van der Waals surface area contributed by atoms with Crippen LogP contribution in [0.3, 0.4) is 0 Å². The van der Waals surface area contributed by atoms with Crippen molar-refractivity contribution < 1.29 is 51.8 Å². The molecular formula is C63H123NO11S. The predicted octanol–water partition coefficient (Wildman–Crippen LogP) is 16.2. The first kappa shape index (κ1) is 72.9. The molecule has 76 heavy (non-hydrogen) atoms. The summed E-state index contributed by atoms with van der Waals surface area (Å²) in [5, 5.41) is 45.1. The highest BCUT2D eigenvalue weighted by Gasteiger charge is 2.48. The molecule has 1 rings (SSSR count). The molecule has 0 aromatic rings. The largest absolute Gasteiger partial charge is 0.397 e. The summed E-state index contributed by atoms with van der Waals surface area (Å²) in [6, 6.07) is -0.941. The van der Waals surface area contributed by atoms with Crippen LogP contribution < -0.4 is 5.32 Å². The Balaban J connectivity index is 2.30. The standard InChI is InChI=1S/C63H123NO11S/c1-3-5-7-9-11-13-15-17-19-21-23-25-27-29-30-32-34-36-38-40-42-44-46-48-50-52-57(66)56(55-73-63-61(69)62(75-76(70,71)72)60(68)58(54-65)74-63)64-59(67)53-51-49-47-45-43-41-39-37-35-33-31-28-26-24-22-20-18-16-14-12-10-8-6-4-2/h50,52,56-58,60-63,65-66,68-69H,3-49,51,53-55H2,1-2H3,(H,64,67)(H,70,71,72)/b52-50+. The van der Waals surface area contributed by atoms with E-state index in [1.54, 1.807) is 6.08 Å². The van der Waals surface area contributed by atoms with Crippen molar-refractivity contribution >= 4 is 16.3 Å². The summed E-state index contributed by atoms with van der Waals surface area (Å²) in [7, 11) is -5.09. The zero-order valence-electron chi connectivity index (χ0n) is 49.4. The fourth-order valence-electron chi connectivity index (χ4n) is 10.8. The van der Waals surface area contributed by atoms with E-state index in [1.807, 2.05) is 6.08 Å². The van der Waals surface area contributed by atoms with Gasteiger partial charge in [0.25, 0.3) is 0 Å². The summed E-state index contributed by atoms with van der Waals surface area (Å²) >= 11 is 0. The lowest BCUT2D eigenvalue weighted by Crippen LogP contribution is -2.61. The van der Waals surface area contributed by atoms with E-state index in [0.29, 0.717) is 6.42 Å². The molecule has 1 saturated heterocycles. The number of allylic oxidation sites excluding steroid dienone is 1. The Labute approximate surface area is 468 Å². The summed E-state index contributed by atoms with van der Waals surface area (Å²) in [5.41, 5.74) is 0. The third-order valence-corrected chi connectivity index (χ3v) is 16.3. The molecule has 1 aliphatic rings. The Kier molecular flexibility index (Phi) is 51.0. The molecule has 0 bridgehead atoms. The van der Waals surface area contributed by atoms with Gasteiger partial charge in [-0.3, -0.25) is 9.35 Å². The third kappa shape index (κ3) is 44.6. The Morgan fingerprint density at radius 2 is 0.829 bits per heavy atom. The monoisotopic (exact) mass is 1100 g/mol. The van der Waals surface area contributed by atoms with Crippen molar-refractivity contribution in [3.63, 3.8) is 0 Å². The van der Waals surface area contributed by atoms with Gasteiger partial charge in [-0.1, -0.05) is 315 Å². The SMILES string of the molecule is CCCCCCCCCCCCCCCCCCCCCCCCC/C=C/C(O)C(COC1OC(CO)C(O)C(OS(=O)(=O)O)C1O)NC(=O)CCCCCCCCCCCCCCCCCCCCCCCCCC. The maximum atomic E-state index is 13.2. The molecule has 0 aliphatic carbocycles. The lowest BCUT2D eigenvalue weighted by molar-refractivity contribution is -0.298. The van der Waals surface area contributed by atoms with Crippen molar-refractivity contribution in [3.8, 4) is 0 Å². The molecule has 7 unspecified atom stereocenters. The van der Waals surface area contributed by atoms with Gasteiger partial charge in [0.1, 0.15) is 24.4 Å². The van der Waals surface area contributed by atoms with Crippen molar-refractivity contribution in [2.45, 2.75) is 371 Å². The van der Waals surface area contributed by atoms with E-state index in [2.05, 4.69) is 23.3 Å². The fraction of sp³-hybridized carbons (Fsp3) is 0.952. The van der Waals surface area contributed by atoms with Crippen LogP contribution in [0.5, 0.6) is 0 Å². The number of hydrogen-bond donors (Lipinski definition) is 6. The van der Waals surface area contributed by atoms with Crippen molar-refractivity contribution in [1.82, 2.24) is 5.32 Å². The molecule has 0 aromatic heterocycles. The van der Waals surface area contributed by atoms with Crippen LogP contribution >= 0.6 is 0 Å². The molecule has 1 aliphatic heterocycles. The number of aliphatic hydroxyl groups excluding tert-OH is 4. The van der Waals surface area contributed by atoms with Gasteiger partial charge in [-0.15, -0.1) is 0 Å². The number of unbranched alkanes of at least 4 members (excludes halogenated alkanes) is 46.